The van der Waals surface area contributed by atoms with E-state index in [2.05, 4.69) is 5.32 Å². The zero-order valence-corrected chi connectivity index (χ0v) is 21.3. The van der Waals surface area contributed by atoms with Crippen molar-refractivity contribution in [3.05, 3.63) is 91.9 Å². The van der Waals surface area contributed by atoms with Gasteiger partial charge in [0.2, 0.25) is 15.9 Å². The van der Waals surface area contributed by atoms with Gasteiger partial charge in [-0.1, -0.05) is 52.5 Å². The molecule has 0 aliphatic rings. The van der Waals surface area contributed by atoms with Crippen LogP contribution < -0.4 is 5.32 Å². The van der Waals surface area contributed by atoms with E-state index in [1.165, 1.54) is 42.5 Å². The van der Waals surface area contributed by atoms with Crippen LogP contribution in [-0.2, 0) is 27.5 Å². The Morgan fingerprint density at radius 1 is 0.886 bits per heavy atom. The van der Waals surface area contributed by atoms with Crippen LogP contribution in [0.3, 0.4) is 0 Å². The standard InChI is InChI=1S/C22H15Cl4F3N2O3S/c23-13-4-7-15(8-5-13)35(33,34)31(11-16-18(24)2-1-3-19(16)25)12-21(32)30-14-6-9-20(26)17(10-14)22(27,28)29/h1-10H,11-12H2,(H,30,32). The molecular formula is C22H15Cl4F3N2O3S. The number of nitrogens with one attached hydrogen (secondary N) is 1. The third-order valence-corrected chi connectivity index (χ3v) is 7.82. The van der Waals surface area contributed by atoms with Gasteiger partial charge in [-0.25, -0.2) is 8.42 Å². The molecule has 0 aliphatic heterocycles. The van der Waals surface area contributed by atoms with Gasteiger partial charge in [0.1, 0.15) is 0 Å². The molecule has 1 N–H and O–H groups in total. The van der Waals surface area contributed by atoms with Gasteiger partial charge in [0.25, 0.3) is 0 Å². The predicted molar refractivity (Wildman–Crippen MR) is 131 cm³/mol. The first kappa shape index (κ1) is 27.6. The molecule has 0 saturated carbocycles. The number of nitrogens with zero attached hydrogens (tertiary/aromatic N) is 1. The maximum absolute atomic E-state index is 13.3. The number of alkyl halides is 3. The van der Waals surface area contributed by atoms with Crippen molar-refractivity contribution in [1.82, 2.24) is 4.31 Å². The fourth-order valence-electron chi connectivity index (χ4n) is 3.02. The Bertz CT molecular complexity index is 1330. The lowest BCUT2D eigenvalue weighted by Crippen LogP contribution is -2.37. The van der Waals surface area contributed by atoms with Gasteiger partial charge in [-0.15, -0.1) is 0 Å². The van der Waals surface area contributed by atoms with E-state index < -0.39 is 39.2 Å². The van der Waals surface area contributed by atoms with Crippen LogP contribution in [0.2, 0.25) is 20.1 Å². The van der Waals surface area contributed by atoms with Crippen LogP contribution in [0.4, 0.5) is 18.9 Å². The lowest BCUT2D eigenvalue weighted by Gasteiger charge is -2.23. The zero-order valence-electron chi connectivity index (χ0n) is 17.4. The second-order valence-corrected chi connectivity index (χ2v) is 10.8. The van der Waals surface area contributed by atoms with Crippen LogP contribution in [0.1, 0.15) is 11.1 Å². The van der Waals surface area contributed by atoms with E-state index in [-0.39, 0.29) is 32.7 Å². The topological polar surface area (TPSA) is 66.5 Å². The van der Waals surface area contributed by atoms with Gasteiger partial charge >= 0.3 is 6.18 Å². The summed E-state index contributed by atoms with van der Waals surface area (Å²) in [5.74, 6) is -0.902. The van der Waals surface area contributed by atoms with Gasteiger partial charge in [0.05, 0.1) is 22.0 Å². The number of anilines is 1. The van der Waals surface area contributed by atoms with E-state index in [0.29, 0.717) is 11.1 Å². The first-order chi connectivity index (χ1) is 16.3. The minimum absolute atomic E-state index is 0.163. The third-order valence-electron chi connectivity index (χ3n) is 4.72. The van der Waals surface area contributed by atoms with Crippen LogP contribution in [0.15, 0.2) is 65.6 Å². The van der Waals surface area contributed by atoms with Crippen molar-refractivity contribution in [2.45, 2.75) is 17.6 Å². The molecule has 3 rings (SSSR count). The molecule has 3 aromatic rings. The van der Waals surface area contributed by atoms with Gasteiger partial charge in [-0.05, 0) is 54.6 Å². The number of carbonyl (C=O) groups excluding carboxylic acids is 1. The average Bonchev–Trinajstić information content (AvgIpc) is 2.76. The molecule has 0 unspecified atom stereocenters. The number of hydrogen-bond acceptors (Lipinski definition) is 3. The van der Waals surface area contributed by atoms with Crippen molar-refractivity contribution in [2.75, 3.05) is 11.9 Å². The Morgan fingerprint density at radius 2 is 1.49 bits per heavy atom. The van der Waals surface area contributed by atoms with E-state index in [4.69, 9.17) is 46.4 Å². The van der Waals surface area contributed by atoms with Crippen molar-refractivity contribution in [3.63, 3.8) is 0 Å². The molecule has 0 aliphatic carbocycles. The first-order valence-corrected chi connectivity index (χ1v) is 12.6. The Hall–Kier alpha value is -2.01. The molecule has 0 spiro atoms. The summed E-state index contributed by atoms with van der Waals surface area (Å²) < 4.78 is 66.9. The minimum atomic E-state index is -4.75. The fraction of sp³-hybridized carbons (Fsp3) is 0.136. The summed E-state index contributed by atoms with van der Waals surface area (Å²) in [6, 6.07) is 12.6. The zero-order chi connectivity index (χ0) is 26.0. The van der Waals surface area contributed by atoms with E-state index in [9.17, 15) is 26.4 Å². The summed E-state index contributed by atoms with van der Waals surface area (Å²) in [5.41, 5.74) is -1.12. The molecule has 1 amide bonds. The molecule has 35 heavy (non-hydrogen) atoms. The van der Waals surface area contributed by atoms with E-state index in [1.807, 2.05) is 0 Å². The van der Waals surface area contributed by atoms with Crippen LogP contribution in [-0.4, -0.2) is 25.2 Å². The lowest BCUT2D eigenvalue weighted by molar-refractivity contribution is -0.137. The molecule has 5 nitrogen and oxygen atoms in total. The number of hydrogen-bond donors (Lipinski definition) is 1. The highest BCUT2D eigenvalue weighted by Gasteiger charge is 2.34. The molecule has 0 fully saturated rings. The molecule has 0 saturated heterocycles. The van der Waals surface area contributed by atoms with E-state index >= 15 is 0 Å². The maximum atomic E-state index is 13.3. The van der Waals surface area contributed by atoms with Gasteiger partial charge in [0, 0.05) is 32.9 Å². The second-order valence-electron chi connectivity index (χ2n) is 7.17. The molecule has 0 bridgehead atoms. The Labute approximate surface area is 219 Å². The Balaban J connectivity index is 1.94. The quantitative estimate of drug-likeness (QED) is 0.320. The minimum Gasteiger partial charge on any atom is -0.325 e. The van der Waals surface area contributed by atoms with Crippen molar-refractivity contribution in [2.24, 2.45) is 0 Å². The summed E-state index contributed by atoms with van der Waals surface area (Å²) in [4.78, 5) is 12.6. The molecule has 0 heterocycles. The smallest absolute Gasteiger partial charge is 0.325 e. The van der Waals surface area contributed by atoms with Crippen LogP contribution >= 0.6 is 46.4 Å². The number of sulfonamides is 1. The number of rotatable bonds is 7. The molecule has 3 aromatic carbocycles. The molecular weight excluding hydrogens is 571 g/mol. The van der Waals surface area contributed by atoms with Crippen LogP contribution in [0.25, 0.3) is 0 Å². The summed E-state index contributed by atoms with van der Waals surface area (Å²) in [6.45, 7) is -1.14. The highest BCUT2D eigenvalue weighted by Crippen LogP contribution is 2.36. The van der Waals surface area contributed by atoms with E-state index in [0.717, 1.165) is 10.4 Å². The molecule has 13 heteroatoms. The van der Waals surface area contributed by atoms with Crippen LogP contribution in [0, 0.1) is 0 Å². The van der Waals surface area contributed by atoms with Crippen molar-refractivity contribution >= 4 is 68.0 Å². The lowest BCUT2D eigenvalue weighted by atomic mass is 10.2. The summed E-state index contributed by atoms with van der Waals surface area (Å²) in [5, 5.41) is 2.36. The van der Waals surface area contributed by atoms with Crippen molar-refractivity contribution < 1.29 is 26.4 Å². The van der Waals surface area contributed by atoms with Gasteiger partial charge in [-0.3, -0.25) is 4.79 Å². The Morgan fingerprint density at radius 3 is 2.06 bits per heavy atom. The van der Waals surface area contributed by atoms with Gasteiger partial charge in [0.15, 0.2) is 0 Å². The largest absolute Gasteiger partial charge is 0.417 e. The van der Waals surface area contributed by atoms with E-state index in [1.54, 1.807) is 6.07 Å². The van der Waals surface area contributed by atoms with Crippen molar-refractivity contribution in [1.29, 1.82) is 0 Å². The number of halogens is 7. The first-order valence-electron chi connectivity index (χ1n) is 9.64. The number of carbonyl (C=O) groups is 1. The maximum Gasteiger partial charge on any atom is 0.417 e. The highest BCUT2D eigenvalue weighted by atomic mass is 35.5. The fourth-order valence-corrected chi connectivity index (χ4v) is 5.25. The molecule has 0 atom stereocenters. The molecule has 0 radical (unpaired) electrons. The molecule has 0 aromatic heterocycles. The Kier molecular flexibility index (Phi) is 8.62. The molecule has 186 valence electrons. The monoisotopic (exact) mass is 584 g/mol. The second kappa shape index (κ2) is 10.9. The highest BCUT2D eigenvalue weighted by molar-refractivity contribution is 7.89. The summed E-state index contributed by atoms with van der Waals surface area (Å²) in [6.07, 6.45) is -4.75. The summed E-state index contributed by atoms with van der Waals surface area (Å²) in [7, 11) is -4.28. The van der Waals surface area contributed by atoms with Gasteiger partial charge < -0.3 is 5.32 Å². The number of amides is 1. The predicted octanol–water partition coefficient (Wildman–Crippen LogP) is 7.15. The van der Waals surface area contributed by atoms with Crippen molar-refractivity contribution in [3.8, 4) is 0 Å². The number of benzene rings is 3. The third kappa shape index (κ3) is 6.81. The normalized spacial score (nSPS) is 12.1. The van der Waals surface area contributed by atoms with Crippen LogP contribution in [0.5, 0.6) is 0 Å². The van der Waals surface area contributed by atoms with Gasteiger partial charge in [-0.2, -0.15) is 17.5 Å². The SMILES string of the molecule is O=C(CN(Cc1c(Cl)cccc1Cl)S(=O)(=O)c1ccc(Cl)cc1)Nc1ccc(Cl)c(C(F)(F)F)c1. The summed E-state index contributed by atoms with van der Waals surface area (Å²) >= 11 is 23.8. The average molecular weight is 586 g/mol.